The Morgan fingerprint density at radius 1 is 1.22 bits per heavy atom. The lowest BCUT2D eigenvalue weighted by Gasteiger charge is -2.44. The van der Waals surface area contributed by atoms with E-state index in [1.807, 2.05) is 31.2 Å². The molecule has 1 fully saturated rings. The van der Waals surface area contributed by atoms with Gasteiger partial charge in [0.15, 0.2) is 0 Å². The fraction of sp³-hybridized carbons (Fsp3) is 0.455. The van der Waals surface area contributed by atoms with E-state index in [1.165, 1.54) is 12.5 Å². The zero-order chi connectivity index (χ0) is 18.9. The van der Waals surface area contributed by atoms with E-state index in [-0.39, 0.29) is 23.1 Å². The van der Waals surface area contributed by atoms with E-state index >= 15 is 0 Å². The molecule has 2 aliphatic rings. The molecule has 2 heterocycles. The first-order valence-electron chi connectivity index (χ1n) is 9.89. The van der Waals surface area contributed by atoms with Crippen molar-refractivity contribution in [3.8, 4) is 5.75 Å². The average Bonchev–Trinajstić information content (AvgIpc) is 2.68. The molecule has 4 rings (SSSR count). The first-order valence-corrected chi connectivity index (χ1v) is 9.89. The van der Waals surface area contributed by atoms with Gasteiger partial charge in [-0.1, -0.05) is 24.6 Å². The molecule has 2 aromatic rings. The molecular formula is C22H26N2O3. The SMILES string of the molecule is CCn1ccc(C(=O)NC2CC3(CCCCC3)Oc3ccccc32)cc1=O. The number of rotatable bonds is 3. The van der Waals surface area contributed by atoms with Gasteiger partial charge >= 0.3 is 0 Å². The van der Waals surface area contributed by atoms with Crippen molar-refractivity contribution in [2.75, 3.05) is 0 Å². The predicted octanol–water partition coefficient (Wildman–Crippen LogP) is 3.82. The third-order valence-corrected chi connectivity index (χ3v) is 5.87. The summed E-state index contributed by atoms with van der Waals surface area (Å²) in [4.78, 5) is 24.9. The monoisotopic (exact) mass is 366 g/mol. The van der Waals surface area contributed by atoms with E-state index in [0.717, 1.165) is 43.4 Å². The van der Waals surface area contributed by atoms with Crippen LogP contribution in [-0.4, -0.2) is 16.1 Å². The molecule has 1 aliphatic heterocycles. The molecule has 0 saturated heterocycles. The number of para-hydroxylation sites is 1. The summed E-state index contributed by atoms with van der Waals surface area (Å²) in [6.07, 6.45) is 8.09. The van der Waals surface area contributed by atoms with Crippen LogP contribution in [0.25, 0.3) is 0 Å². The van der Waals surface area contributed by atoms with Gasteiger partial charge in [-0.3, -0.25) is 9.59 Å². The number of amides is 1. The lowest BCUT2D eigenvalue weighted by molar-refractivity contribution is -0.00210. The second-order valence-electron chi connectivity index (χ2n) is 7.65. The van der Waals surface area contributed by atoms with Gasteiger partial charge in [0.05, 0.1) is 6.04 Å². The van der Waals surface area contributed by atoms with Crippen molar-refractivity contribution in [2.24, 2.45) is 0 Å². The van der Waals surface area contributed by atoms with Gasteiger partial charge in [-0.25, -0.2) is 0 Å². The Morgan fingerprint density at radius 3 is 2.74 bits per heavy atom. The van der Waals surface area contributed by atoms with Crippen molar-refractivity contribution in [1.82, 2.24) is 9.88 Å². The fourth-order valence-corrected chi connectivity index (χ4v) is 4.40. The van der Waals surface area contributed by atoms with Crippen LogP contribution in [0.5, 0.6) is 5.75 Å². The Hall–Kier alpha value is -2.56. The molecule has 1 N–H and O–H groups in total. The molecule has 1 spiro atoms. The van der Waals surface area contributed by atoms with E-state index in [4.69, 9.17) is 4.74 Å². The van der Waals surface area contributed by atoms with Crippen LogP contribution in [0.3, 0.4) is 0 Å². The van der Waals surface area contributed by atoms with Gasteiger partial charge in [0, 0.05) is 36.4 Å². The third kappa shape index (κ3) is 3.51. The number of nitrogens with zero attached hydrogens (tertiary/aromatic N) is 1. The molecule has 1 aromatic heterocycles. The quantitative estimate of drug-likeness (QED) is 0.898. The maximum absolute atomic E-state index is 12.8. The van der Waals surface area contributed by atoms with Crippen molar-refractivity contribution in [1.29, 1.82) is 0 Å². The highest BCUT2D eigenvalue weighted by atomic mass is 16.5. The molecule has 0 radical (unpaired) electrons. The van der Waals surface area contributed by atoms with Crippen molar-refractivity contribution in [3.63, 3.8) is 0 Å². The van der Waals surface area contributed by atoms with Crippen molar-refractivity contribution in [3.05, 3.63) is 64.1 Å². The van der Waals surface area contributed by atoms with Crippen LogP contribution in [0, 0.1) is 0 Å². The van der Waals surface area contributed by atoms with Gasteiger partial charge < -0.3 is 14.6 Å². The summed E-state index contributed by atoms with van der Waals surface area (Å²) < 4.78 is 8.00. The van der Waals surface area contributed by atoms with Crippen LogP contribution in [0.4, 0.5) is 0 Å². The van der Waals surface area contributed by atoms with Crippen LogP contribution < -0.4 is 15.6 Å². The number of aryl methyl sites for hydroxylation is 1. The average molecular weight is 366 g/mol. The highest BCUT2D eigenvalue weighted by Gasteiger charge is 2.42. The fourth-order valence-electron chi connectivity index (χ4n) is 4.40. The number of carbonyl (C=O) groups is 1. The molecule has 1 aliphatic carbocycles. The lowest BCUT2D eigenvalue weighted by Crippen LogP contribution is -2.46. The van der Waals surface area contributed by atoms with Gasteiger partial charge in [0.25, 0.3) is 11.5 Å². The van der Waals surface area contributed by atoms with Gasteiger partial charge in [0.1, 0.15) is 11.4 Å². The Kier molecular flexibility index (Phi) is 4.77. The number of nitrogens with one attached hydrogen (secondary N) is 1. The van der Waals surface area contributed by atoms with Crippen LogP contribution in [0.15, 0.2) is 47.4 Å². The molecule has 0 bridgehead atoms. The maximum Gasteiger partial charge on any atom is 0.252 e. The molecule has 1 aromatic carbocycles. The summed E-state index contributed by atoms with van der Waals surface area (Å²) in [7, 11) is 0. The first kappa shape index (κ1) is 17.8. The minimum absolute atomic E-state index is 0.103. The highest BCUT2D eigenvalue weighted by Crippen LogP contribution is 2.46. The van der Waals surface area contributed by atoms with Gasteiger partial charge in [-0.05, 0) is 44.7 Å². The number of pyridine rings is 1. The molecule has 27 heavy (non-hydrogen) atoms. The zero-order valence-electron chi connectivity index (χ0n) is 15.7. The van der Waals surface area contributed by atoms with Crippen LogP contribution in [-0.2, 0) is 6.54 Å². The summed E-state index contributed by atoms with van der Waals surface area (Å²) in [5.41, 5.74) is 1.09. The molecule has 5 nitrogen and oxygen atoms in total. The zero-order valence-corrected chi connectivity index (χ0v) is 15.7. The van der Waals surface area contributed by atoms with E-state index in [0.29, 0.717) is 12.1 Å². The second-order valence-corrected chi connectivity index (χ2v) is 7.65. The normalized spacial score (nSPS) is 20.6. The number of fused-ring (bicyclic) bond motifs is 1. The number of benzene rings is 1. The number of aromatic nitrogens is 1. The minimum atomic E-state index is -0.206. The molecule has 1 atom stereocenters. The Morgan fingerprint density at radius 2 is 2.00 bits per heavy atom. The van der Waals surface area contributed by atoms with Crippen molar-refractivity contribution in [2.45, 2.75) is 63.6 Å². The van der Waals surface area contributed by atoms with Gasteiger partial charge in [-0.2, -0.15) is 0 Å². The highest BCUT2D eigenvalue weighted by molar-refractivity contribution is 5.94. The summed E-state index contributed by atoms with van der Waals surface area (Å²) in [5, 5.41) is 3.16. The maximum atomic E-state index is 12.8. The number of ether oxygens (including phenoxy) is 1. The summed E-state index contributed by atoms with van der Waals surface area (Å²) in [5.74, 6) is 0.667. The predicted molar refractivity (Wildman–Crippen MR) is 104 cm³/mol. The standard InChI is InChI=1S/C22H26N2O3/c1-2-24-13-10-16(14-20(24)25)21(26)23-18-15-22(11-6-3-7-12-22)27-19-9-5-4-8-17(18)19/h4-5,8-10,13-14,18H,2-3,6-7,11-12,15H2,1H3,(H,23,26). The third-order valence-electron chi connectivity index (χ3n) is 5.87. The Balaban J connectivity index is 1.61. The Bertz CT molecular complexity index is 896. The molecule has 142 valence electrons. The largest absolute Gasteiger partial charge is 0.487 e. The summed E-state index contributed by atoms with van der Waals surface area (Å²) in [6.45, 7) is 2.50. The van der Waals surface area contributed by atoms with E-state index < -0.39 is 0 Å². The molecule has 1 unspecified atom stereocenters. The Labute approximate surface area is 159 Å². The van der Waals surface area contributed by atoms with Crippen LogP contribution >= 0.6 is 0 Å². The van der Waals surface area contributed by atoms with Crippen LogP contribution in [0.2, 0.25) is 0 Å². The number of carbonyl (C=O) groups excluding carboxylic acids is 1. The minimum Gasteiger partial charge on any atom is -0.487 e. The van der Waals surface area contributed by atoms with E-state index in [9.17, 15) is 9.59 Å². The summed E-state index contributed by atoms with van der Waals surface area (Å²) >= 11 is 0. The van der Waals surface area contributed by atoms with E-state index in [2.05, 4.69) is 5.32 Å². The molecule has 1 amide bonds. The van der Waals surface area contributed by atoms with Gasteiger partial charge in [0.2, 0.25) is 0 Å². The van der Waals surface area contributed by atoms with Gasteiger partial charge in [-0.15, -0.1) is 0 Å². The van der Waals surface area contributed by atoms with Crippen LogP contribution in [0.1, 0.15) is 67.4 Å². The number of hydrogen-bond donors (Lipinski definition) is 1. The second kappa shape index (κ2) is 7.22. The lowest BCUT2D eigenvalue weighted by atomic mass is 9.77. The van der Waals surface area contributed by atoms with E-state index in [1.54, 1.807) is 16.8 Å². The topological polar surface area (TPSA) is 60.3 Å². The molecular weight excluding hydrogens is 340 g/mol. The molecule has 1 saturated carbocycles. The summed E-state index contributed by atoms with van der Waals surface area (Å²) in [6, 6.07) is 11.0. The first-order chi connectivity index (χ1) is 13.1. The number of hydrogen-bond acceptors (Lipinski definition) is 3. The molecule has 5 heteroatoms. The smallest absolute Gasteiger partial charge is 0.252 e. The van der Waals surface area contributed by atoms with Crippen molar-refractivity contribution >= 4 is 5.91 Å². The van der Waals surface area contributed by atoms with Crippen molar-refractivity contribution < 1.29 is 9.53 Å².